The van der Waals surface area contributed by atoms with Crippen molar-refractivity contribution in [2.45, 2.75) is 13.1 Å². The van der Waals surface area contributed by atoms with Gasteiger partial charge in [0.05, 0.1) is 25.8 Å². The minimum absolute atomic E-state index is 0.825. The van der Waals surface area contributed by atoms with Gasteiger partial charge in [-0.25, -0.2) is 0 Å². The van der Waals surface area contributed by atoms with E-state index in [0.29, 0.717) is 0 Å². The summed E-state index contributed by atoms with van der Waals surface area (Å²) in [4.78, 5) is 4.97. The maximum absolute atomic E-state index is 5.53. The summed E-state index contributed by atoms with van der Waals surface area (Å²) >= 11 is 3.57. The number of rotatable bonds is 7. The van der Waals surface area contributed by atoms with Crippen molar-refractivity contribution < 1.29 is 14.2 Å². The molecule has 1 saturated heterocycles. The van der Waals surface area contributed by atoms with Gasteiger partial charge in [0.2, 0.25) is 0 Å². The van der Waals surface area contributed by atoms with Crippen molar-refractivity contribution in [1.29, 1.82) is 0 Å². The van der Waals surface area contributed by atoms with E-state index in [1.54, 1.807) is 21.3 Å². The van der Waals surface area contributed by atoms with Crippen LogP contribution in [-0.4, -0.2) is 57.3 Å². The van der Waals surface area contributed by atoms with Crippen LogP contribution >= 0.6 is 15.9 Å². The first kappa shape index (κ1) is 20.0. The van der Waals surface area contributed by atoms with E-state index < -0.39 is 0 Å². The van der Waals surface area contributed by atoms with Crippen molar-refractivity contribution >= 4 is 15.9 Å². The second kappa shape index (κ2) is 9.44. The second-order valence-electron chi connectivity index (χ2n) is 6.70. The summed E-state index contributed by atoms with van der Waals surface area (Å²) in [6.07, 6.45) is 0. The second-order valence-corrected chi connectivity index (χ2v) is 7.55. The number of hydrogen-bond acceptors (Lipinski definition) is 5. The third-order valence-corrected chi connectivity index (χ3v) is 5.60. The Morgan fingerprint density at radius 3 is 2.04 bits per heavy atom. The summed E-state index contributed by atoms with van der Waals surface area (Å²) in [6, 6.07) is 12.3. The molecule has 0 radical (unpaired) electrons. The average Bonchev–Trinajstić information content (AvgIpc) is 2.70. The summed E-state index contributed by atoms with van der Waals surface area (Å²) in [6.45, 7) is 6.07. The zero-order valence-electron chi connectivity index (χ0n) is 16.2. The largest absolute Gasteiger partial charge is 0.497 e. The predicted molar refractivity (Wildman–Crippen MR) is 111 cm³/mol. The SMILES string of the molecule is COc1ccc(CN2CCN(Cc3ccc(OC)c(Br)c3)CC2)c(OC)c1. The van der Waals surface area contributed by atoms with Crippen molar-refractivity contribution in [2.24, 2.45) is 0 Å². The highest BCUT2D eigenvalue weighted by atomic mass is 79.9. The normalized spacial score (nSPS) is 15.6. The van der Waals surface area contributed by atoms with Crippen LogP contribution in [0.25, 0.3) is 0 Å². The van der Waals surface area contributed by atoms with Crippen LogP contribution in [0.5, 0.6) is 17.2 Å². The fourth-order valence-corrected chi connectivity index (χ4v) is 3.98. The molecule has 0 N–H and O–H groups in total. The Labute approximate surface area is 169 Å². The van der Waals surface area contributed by atoms with Crippen LogP contribution in [0.2, 0.25) is 0 Å². The highest BCUT2D eigenvalue weighted by Gasteiger charge is 2.19. The average molecular weight is 435 g/mol. The van der Waals surface area contributed by atoms with E-state index in [1.165, 1.54) is 11.1 Å². The Morgan fingerprint density at radius 1 is 0.778 bits per heavy atom. The fraction of sp³-hybridized carbons (Fsp3) is 0.429. The number of methoxy groups -OCH3 is 3. The monoisotopic (exact) mass is 434 g/mol. The van der Waals surface area contributed by atoms with E-state index >= 15 is 0 Å². The molecule has 0 amide bonds. The van der Waals surface area contributed by atoms with Crippen molar-refractivity contribution in [3.8, 4) is 17.2 Å². The molecule has 5 nitrogen and oxygen atoms in total. The van der Waals surface area contributed by atoms with Gasteiger partial charge in [0.1, 0.15) is 17.2 Å². The zero-order chi connectivity index (χ0) is 19.2. The van der Waals surface area contributed by atoms with Gasteiger partial charge in [0.25, 0.3) is 0 Å². The van der Waals surface area contributed by atoms with Crippen molar-refractivity contribution in [1.82, 2.24) is 9.80 Å². The highest BCUT2D eigenvalue weighted by molar-refractivity contribution is 9.10. The molecule has 2 aromatic rings. The number of halogens is 1. The van der Waals surface area contributed by atoms with E-state index in [-0.39, 0.29) is 0 Å². The molecule has 1 aliphatic rings. The van der Waals surface area contributed by atoms with Crippen LogP contribution in [-0.2, 0) is 13.1 Å². The molecule has 27 heavy (non-hydrogen) atoms. The Hall–Kier alpha value is -1.76. The molecule has 3 rings (SSSR count). The third-order valence-electron chi connectivity index (χ3n) is 4.98. The van der Waals surface area contributed by atoms with Crippen LogP contribution in [0.1, 0.15) is 11.1 Å². The molecule has 1 aliphatic heterocycles. The molecule has 0 spiro atoms. The standard InChI is InChI=1S/C21H27BrN2O3/c1-25-18-6-5-17(21(13-18)27-3)15-24-10-8-23(9-11-24)14-16-4-7-20(26-2)19(22)12-16/h4-7,12-13H,8-11,14-15H2,1-3H3. The van der Waals surface area contributed by atoms with E-state index in [9.17, 15) is 0 Å². The number of nitrogens with zero attached hydrogens (tertiary/aromatic N) is 2. The van der Waals surface area contributed by atoms with E-state index in [4.69, 9.17) is 14.2 Å². The molecule has 0 unspecified atom stereocenters. The summed E-state index contributed by atoms with van der Waals surface area (Å²) in [5, 5.41) is 0. The molecule has 1 fully saturated rings. The van der Waals surface area contributed by atoms with Gasteiger partial charge in [-0.05, 0) is 39.7 Å². The first-order chi connectivity index (χ1) is 13.1. The Balaban J connectivity index is 1.54. The summed E-state index contributed by atoms with van der Waals surface area (Å²) in [5.74, 6) is 2.59. The maximum Gasteiger partial charge on any atom is 0.133 e. The molecule has 0 atom stereocenters. The first-order valence-electron chi connectivity index (χ1n) is 9.11. The van der Waals surface area contributed by atoms with Crippen LogP contribution in [0.4, 0.5) is 0 Å². The third kappa shape index (κ3) is 5.15. The van der Waals surface area contributed by atoms with Gasteiger partial charge in [0, 0.05) is 50.9 Å². The molecule has 146 valence electrons. The lowest BCUT2D eigenvalue weighted by Crippen LogP contribution is -2.45. The molecule has 0 aromatic heterocycles. The molecular weight excluding hydrogens is 408 g/mol. The Bertz CT molecular complexity index is 761. The number of hydrogen-bond donors (Lipinski definition) is 0. The number of benzene rings is 2. The quantitative estimate of drug-likeness (QED) is 0.661. The minimum atomic E-state index is 0.825. The molecule has 0 aliphatic carbocycles. The lowest BCUT2D eigenvalue weighted by Gasteiger charge is -2.35. The van der Waals surface area contributed by atoms with Gasteiger partial charge in [-0.1, -0.05) is 12.1 Å². The van der Waals surface area contributed by atoms with E-state index in [1.807, 2.05) is 18.2 Å². The van der Waals surface area contributed by atoms with Crippen molar-refractivity contribution in [3.63, 3.8) is 0 Å². The first-order valence-corrected chi connectivity index (χ1v) is 9.90. The van der Waals surface area contributed by atoms with Crippen LogP contribution < -0.4 is 14.2 Å². The predicted octanol–water partition coefficient (Wildman–Crippen LogP) is 3.79. The van der Waals surface area contributed by atoms with Crippen molar-refractivity contribution in [3.05, 3.63) is 52.0 Å². The summed E-state index contributed by atoms with van der Waals surface area (Å²) < 4.78 is 17.1. The van der Waals surface area contributed by atoms with Crippen LogP contribution in [0.3, 0.4) is 0 Å². The minimum Gasteiger partial charge on any atom is -0.497 e. The zero-order valence-corrected chi connectivity index (χ0v) is 17.8. The van der Waals surface area contributed by atoms with Crippen LogP contribution in [0, 0.1) is 0 Å². The Morgan fingerprint density at radius 2 is 1.44 bits per heavy atom. The lowest BCUT2D eigenvalue weighted by atomic mass is 10.1. The maximum atomic E-state index is 5.53. The van der Waals surface area contributed by atoms with Gasteiger partial charge < -0.3 is 14.2 Å². The molecule has 0 bridgehead atoms. The summed E-state index contributed by atoms with van der Waals surface area (Å²) in [5.41, 5.74) is 2.50. The Kier molecular flexibility index (Phi) is 6.99. The molecule has 0 saturated carbocycles. The fourth-order valence-electron chi connectivity index (χ4n) is 3.40. The van der Waals surface area contributed by atoms with Crippen LogP contribution in [0.15, 0.2) is 40.9 Å². The van der Waals surface area contributed by atoms with Gasteiger partial charge in [-0.15, -0.1) is 0 Å². The van der Waals surface area contributed by atoms with Gasteiger partial charge in [-0.3, -0.25) is 9.80 Å². The van der Waals surface area contributed by atoms with Gasteiger partial charge in [-0.2, -0.15) is 0 Å². The molecule has 6 heteroatoms. The number of piperazine rings is 1. The number of ether oxygens (including phenoxy) is 3. The molecule has 1 heterocycles. The topological polar surface area (TPSA) is 34.2 Å². The van der Waals surface area contributed by atoms with E-state index in [0.717, 1.165) is 61.0 Å². The lowest BCUT2D eigenvalue weighted by molar-refractivity contribution is 0.121. The smallest absolute Gasteiger partial charge is 0.133 e. The van der Waals surface area contributed by atoms with Crippen molar-refractivity contribution in [2.75, 3.05) is 47.5 Å². The van der Waals surface area contributed by atoms with E-state index in [2.05, 4.69) is 43.9 Å². The molecule has 2 aromatic carbocycles. The summed E-state index contributed by atoms with van der Waals surface area (Å²) in [7, 11) is 5.08. The highest BCUT2D eigenvalue weighted by Crippen LogP contribution is 2.27. The molecular formula is C21H27BrN2O3. The van der Waals surface area contributed by atoms with Gasteiger partial charge in [0.15, 0.2) is 0 Å². The van der Waals surface area contributed by atoms with Gasteiger partial charge >= 0.3 is 0 Å².